The minimum absolute atomic E-state index is 0.0335. The topological polar surface area (TPSA) is 66.6 Å². The van der Waals surface area contributed by atoms with Crippen molar-refractivity contribution < 1.29 is 4.79 Å². The number of rotatable bonds is 3. The Kier molecular flexibility index (Phi) is 4.80. The normalized spacial score (nSPS) is 14.3. The molecule has 1 aliphatic rings. The number of hydrogen-bond donors (Lipinski definition) is 0. The Labute approximate surface area is 178 Å². The zero-order valence-electron chi connectivity index (χ0n) is 16.1. The molecule has 0 saturated carbocycles. The number of hydrogen-bond acceptors (Lipinski definition) is 5. The smallest absolute Gasteiger partial charge is 0.255 e. The number of carbonyl (C=O) groups is 1. The molecular weight excluding hydrogens is 400 g/mol. The van der Waals surface area contributed by atoms with Gasteiger partial charge in [-0.05, 0) is 24.3 Å². The molecule has 0 N–H and O–H groups in total. The van der Waals surface area contributed by atoms with Crippen LogP contribution in [-0.2, 0) is 0 Å². The van der Waals surface area contributed by atoms with Gasteiger partial charge in [0.25, 0.3) is 5.91 Å². The van der Waals surface area contributed by atoms with E-state index in [9.17, 15) is 4.79 Å². The first-order chi connectivity index (χ1) is 14.7. The van der Waals surface area contributed by atoms with Crippen LogP contribution in [0.5, 0.6) is 0 Å². The lowest BCUT2D eigenvalue weighted by molar-refractivity contribution is 0.0746. The number of anilines is 1. The molecule has 7 nitrogen and oxygen atoms in total. The number of carbonyl (C=O) groups excluding carboxylic acids is 1. The lowest BCUT2D eigenvalue weighted by atomic mass is 10.2. The average Bonchev–Trinajstić information content (AvgIpc) is 3.23. The lowest BCUT2D eigenvalue weighted by Crippen LogP contribution is -2.49. The lowest BCUT2D eigenvalue weighted by Gasteiger charge is -2.35. The maximum absolute atomic E-state index is 12.8. The van der Waals surface area contributed by atoms with Gasteiger partial charge in [-0.1, -0.05) is 54.1 Å². The SMILES string of the molecule is O=C(c1ccccc1Cl)N1CCN(c2ccc3nnc(-c4ccccc4)n3n2)CC1. The molecule has 0 aliphatic carbocycles. The molecule has 0 atom stereocenters. The van der Waals surface area contributed by atoms with Crippen molar-refractivity contribution in [2.75, 3.05) is 31.1 Å². The van der Waals surface area contributed by atoms with Crippen molar-refractivity contribution >= 4 is 29.0 Å². The van der Waals surface area contributed by atoms with Crippen LogP contribution < -0.4 is 4.90 Å². The van der Waals surface area contributed by atoms with E-state index < -0.39 is 0 Å². The highest BCUT2D eigenvalue weighted by atomic mass is 35.5. The molecule has 3 heterocycles. The third kappa shape index (κ3) is 3.37. The van der Waals surface area contributed by atoms with Crippen LogP contribution in [0.25, 0.3) is 17.0 Å². The van der Waals surface area contributed by atoms with Crippen LogP contribution in [0.15, 0.2) is 66.7 Å². The monoisotopic (exact) mass is 418 g/mol. The van der Waals surface area contributed by atoms with E-state index in [1.165, 1.54) is 0 Å². The first kappa shape index (κ1) is 18.6. The summed E-state index contributed by atoms with van der Waals surface area (Å²) in [6.07, 6.45) is 0. The predicted molar refractivity (Wildman–Crippen MR) is 116 cm³/mol. The molecule has 4 aromatic rings. The fourth-order valence-electron chi connectivity index (χ4n) is 3.66. The molecule has 1 amide bonds. The molecular formula is C22H19ClN6O. The Morgan fingerprint density at radius 3 is 2.33 bits per heavy atom. The molecule has 1 saturated heterocycles. The molecule has 1 fully saturated rings. The van der Waals surface area contributed by atoms with Crippen molar-refractivity contribution in [1.82, 2.24) is 24.7 Å². The second-order valence-electron chi connectivity index (χ2n) is 7.11. The molecule has 2 aromatic heterocycles. The Morgan fingerprint density at radius 2 is 1.57 bits per heavy atom. The summed E-state index contributed by atoms with van der Waals surface area (Å²) in [5.74, 6) is 1.51. The van der Waals surface area contributed by atoms with Crippen molar-refractivity contribution in [1.29, 1.82) is 0 Å². The predicted octanol–water partition coefficient (Wildman–Crippen LogP) is 3.41. The van der Waals surface area contributed by atoms with Gasteiger partial charge in [0.05, 0.1) is 10.6 Å². The standard InChI is InChI=1S/C22H19ClN6O/c23-18-9-5-4-8-17(18)22(30)28-14-12-27(13-15-28)20-11-10-19-24-25-21(29(19)26-20)16-6-2-1-3-7-16/h1-11H,12-15H2. The number of benzene rings is 2. The largest absolute Gasteiger partial charge is 0.352 e. The van der Waals surface area contributed by atoms with Gasteiger partial charge in [-0.2, -0.15) is 4.52 Å². The highest BCUT2D eigenvalue weighted by Gasteiger charge is 2.24. The number of nitrogens with zero attached hydrogens (tertiary/aromatic N) is 6. The summed E-state index contributed by atoms with van der Waals surface area (Å²) in [6.45, 7) is 2.60. The van der Waals surface area contributed by atoms with Gasteiger partial charge in [0.15, 0.2) is 11.5 Å². The van der Waals surface area contributed by atoms with Crippen LogP contribution in [0.4, 0.5) is 5.82 Å². The number of piperazine rings is 1. The molecule has 0 unspecified atom stereocenters. The first-order valence-corrected chi connectivity index (χ1v) is 10.1. The van der Waals surface area contributed by atoms with Gasteiger partial charge in [-0.25, -0.2) is 0 Å². The fraction of sp³-hybridized carbons (Fsp3) is 0.182. The van der Waals surface area contributed by atoms with E-state index in [1.54, 1.807) is 16.6 Å². The summed E-state index contributed by atoms with van der Waals surface area (Å²) in [4.78, 5) is 16.8. The van der Waals surface area contributed by atoms with Crippen molar-refractivity contribution in [3.8, 4) is 11.4 Å². The molecule has 5 rings (SSSR count). The Balaban J connectivity index is 1.35. The van der Waals surface area contributed by atoms with Crippen molar-refractivity contribution in [3.63, 3.8) is 0 Å². The van der Waals surface area contributed by atoms with Crippen LogP contribution in [0.3, 0.4) is 0 Å². The van der Waals surface area contributed by atoms with E-state index in [0.29, 0.717) is 48.2 Å². The van der Waals surface area contributed by atoms with Gasteiger partial charge in [0.2, 0.25) is 0 Å². The number of fused-ring (bicyclic) bond motifs is 1. The van der Waals surface area contributed by atoms with Gasteiger partial charge in [-0.3, -0.25) is 4.79 Å². The Morgan fingerprint density at radius 1 is 0.833 bits per heavy atom. The van der Waals surface area contributed by atoms with E-state index in [-0.39, 0.29) is 5.91 Å². The first-order valence-electron chi connectivity index (χ1n) is 9.77. The number of halogens is 1. The zero-order chi connectivity index (χ0) is 20.5. The summed E-state index contributed by atoms with van der Waals surface area (Å²) in [5, 5.41) is 13.8. The van der Waals surface area contributed by atoms with Crippen LogP contribution in [0, 0.1) is 0 Å². The van der Waals surface area contributed by atoms with E-state index in [2.05, 4.69) is 15.1 Å². The average molecular weight is 419 g/mol. The highest BCUT2D eigenvalue weighted by Crippen LogP contribution is 2.22. The summed E-state index contributed by atoms with van der Waals surface area (Å²) in [5.41, 5.74) is 2.21. The maximum Gasteiger partial charge on any atom is 0.255 e. The quantitative estimate of drug-likeness (QED) is 0.510. The molecule has 8 heteroatoms. The zero-order valence-corrected chi connectivity index (χ0v) is 16.9. The second kappa shape index (κ2) is 7.76. The van der Waals surface area contributed by atoms with Gasteiger partial charge in [0.1, 0.15) is 5.82 Å². The van der Waals surface area contributed by atoms with E-state index >= 15 is 0 Å². The fourth-order valence-corrected chi connectivity index (χ4v) is 3.88. The molecule has 30 heavy (non-hydrogen) atoms. The minimum Gasteiger partial charge on any atom is -0.352 e. The van der Waals surface area contributed by atoms with Crippen molar-refractivity contribution in [2.24, 2.45) is 0 Å². The van der Waals surface area contributed by atoms with Gasteiger partial charge < -0.3 is 9.80 Å². The van der Waals surface area contributed by atoms with Crippen molar-refractivity contribution in [2.45, 2.75) is 0 Å². The highest BCUT2D eigenvalue weighted by molar-refractivity contribution is 6.33. The summed E-state index contributed by atoms with van der Waals surface area (Å²) < 4.78 is 1.77. The molecule has 2 aromatic carbocycles. The van der Waals surface area contributed by atoms with Crippen LogP contribution in [0.2, 0.25) is 5.02 Å². The van der Waals surface area contributed by atoms with E-state index in [0.717, 1.165) is 11.4 Å². The third-order valence-electron chi connectivity index (χ3n) is 5.28. The van der Waals surface area contributed by atoms with Crippen LogP contribution in [-0.4, -0.2) is 56.8 Å². The van der Waals surface area contributed by atoms with Gasteiger partial charge in [0, 0.05) is 31.7 Å². The summed E-state index contributed by atoms with van der Waals surface area (Å²) >= 11 is 6.19. The Bertz CT molecular complexity index is 1200. The maximum atomic E-state index is 12.8. The summed E-state index contributed by atoms with van der Waals surface area (Å²) in [6, 6.07) is 20.9. The molecule has 150 valence electrons. The molecule has 0 spiro atoms. The van der Waals surface area contributed by atoms with Crippen LogP contribution >= 0.6 is 11.6 Å². The van der Waals surface area contributed by atoms with Crippen LogP contribution in [0.1, 0.15) is 10.4 Å². The number of amides is 1. The Hall–Kier alpha value is -3.45. The third-order valence-corrected chi connectivity index (χ3v) is 5.61. The minimum atomic E-state index is -0.0335. The number of aromatic nitrogens is 4. The van der Waals surface area contributed by atoms with Gasteiger partial charge in [-0.15, -0.1) is 15.3 Å². The van der Waals surface area contributed by atoms with E-state index in [1.807, 2.05) is 59.5 Å². The molecule has 0 bridgehead atoms. The second-order valence-corrected chi connectivity index (χ2v) is 7.52. The van der Waals surface area contributed by atoms with Gasteiger partial charge >= 0.3 is 0 Å². The molecule has 1 aliphatic heterocycles. The summed E-state index contributed by atoms with van der Waals surface area (Å²) in [7, 11) is 0. The van der Waals surface area contributed by atoms with E-state index in [4.69, 9.17) is 16.7 Å². The molecule has 0 radical (unpaired) electrons. The van der Waals surface area contributed by atoms with Crippen molar-refractivity contribution in [3.05, 3.63) is 77.3 Å².